The summed E-state index contributed by atoms with van der Waals surface area (Å²) < 4.78 is 18.5. The van der Waals surface area contributed by atoms with Gasteiger partial charge in [0.2, 0.25) is 11.8 Å². The number of piperazine rings is 1. The summed E-state index contributed by atoms with van der Waals surface area (Å²) in [4.78, 5) is 32.9. The first-order valence-corrected chi connectivity index (χ1v) is 9.32. The van der Waals surface area contributed by atoms with Crippen LogP contribution in [0.15, 0.2) is 28.8 Å². The number of hydrogen-bond acceptors (Lipinski definition) is 5. The smallest absolute Gasteiger partial charge is 0.258 e. The lowest BCUT2D eigenvalue weighted by molar-refractivity contribution is -0.148. The van der Waals surface area contributed by atoms with Crippen LogP contribution in [-0.4, -0.2) is 57.4 Å². The summed E-state index contributed by atoms with van der Waals surface area (Å²) in [6.07, 6.45) is -0.00124. The second kappa shape index (κ2) is 7.69. The summed E-state index contributed by atoms with van der Waals surface area (Å²) in [5.41, 5.74) is 0.0207. The van der Waals surface area contributed by atoms with Gasteiger partial charge in [-0.1, -0.05) is 32.0 Å². The lowest BCUT2D eigenvalue weighted by Gasteiger charge is -2.42. The number of nitrogens with zero attached hydrogens (tertiary/aromatic N) is 4. The van der Waals surface area contributed by atoms with E-state index in [9.17, 15) is 14.0 Å². The lowest BCUT2D eigenvalue weighted by Crippen LogP contribution is -2.57. The minimum absolute atomic E-state index is 0.00124. The fraction of sp³-hybridized carbons (Fsp3) is 0.500. The number of carbonyl (C=O) groups excluding carboxylic acids is 2. The van der Waals surface area contributed by atoms with E-state index in [1.54, 1.807) is 17.0 Å². The van der Waals surface area contributed by atoms with Crippen molar-refractivity contribution in [2.75, 3.05) is 19.6 Å². The van der Waals surface area contributed by atoms with Crippen LogP contribution >= 0.6 is 0 Å². The molecule has 1 saturated heterocycles. The van der Waals surface area contributed by atoms with Gasteiger partial charge in [-0.3, -0.25) is 9.59 Å². The van der Waals surface area contributed by atoms with Crippen LogP contribution < -0.4 is 0 Å². The van der Waals surface area contributed by atoms with Crippen molar-refractivity contribution in [2.45, 2.75) is 40.2 Å². The number of amides is 2. The van der Waals surface area contributed by atoms with E-state index in [4.69, 9.17) is 4.52 Å². The number of rotatable bonds is 3. The molecule has 1 aliphatic heterocycles. The Balaban J connectivity index is 1.61. The van der Waals surface area contributed by atoms with E-state index >= 15 is 0 Å². The third-order valence-electron chi connectivity index (χ3n) is 4.73. The van der Waals surface area contributed by atoms with Gasteiger partial charge in [-0.25, -0.2) is 4.39 Å². The molecule has 150 valence electrons. The summed E-state index contributed by atoms with van der Waals surface area (Å²) in [6.45, 7) is 9.07. The van der Waals surface area contributed by atoms with Crippen molar-refractivity contribution in [3.63, 3.8) is 0 Å². The Hall–Kier alpha value is -2.77. The van der Waals surface area contributed by atoms with Crippen molar-refractivity contribution in [1.29, 1.82) is 0 Å². The van der Waals surface area contributed by atoms with E-state index in [0.717, 1.165) is 0 Å². The molecule has 0 N–H and O–H groups in total. The van der Waals surface area contributed by atoms with Crippen LogP contribution in [0.5, 0.6) is 0 Å². The van der Waals surface area contributed by atoms with Gasteiger partial charge in [-0.15, -0.1) is 0 Å². The van der Waals surface area contributed by atoms with Crippen molar-refractivity contribution in [3.05, 3.63) is 35.9 Å². The molecule has 1 aromatic heterocycles. The van der Waals surface area contributed by atoms with Crippen LogP contribution in [0, 0.1) is 11.2 Å². The maximum Gasteiger partial charge on any atom is 0.258 e. The first-order valence-electron chi connectivity index (χ1n) is 9.32. The van der Waals surface area contributed by atoms with Crippen molar-refractivity contribution in [3.8, 4) is 11.5 Å². The summed E-state index contributed by atoms with van der Waals surface area (Å²) in [5.74, 6) is -0.00216. The summed E-state index contributed by atoms with van der Waals surface area (Å²) in [7, 11) is 0. The van der Waals surface area contributed by atoms with E-state index in [1.807, 2.05) is 32.6 Å². The zero-order valence-corrected chi connectivity index (χ0v) is 16.6. The maximum absolute atomic E-state index is 13.3. The molecule has 0 radical (unpaired) electrons. The highest BCUT2D eigenvalue weighted by molar-refractivity contribution is 5.83. The first-order chi connectivity index (χ1) is 13.1. The van der Waals surface area contributed by atoms with Crippen molar-refractivity contribution in [1.82, 2.24) is 19.9 Å². The fourth-order valence-electron chi connectivity index (χ4n) is 3.23. The molecule has 0 aliphatic carbocycles. The second-order valence-electron chi connectivity index (χ2n) is 8.14. The number of halogens is 1. The fourth-order valence-corrected chi connectivity index (χ4v) is 3.23. The largest absolute Gasteiger partial charge is 0.338 e. The highest BCUT2D eigenvalue weighted by Gasteiger charge is 2.35. The van der Waals surface area contributed by atoms with Gasteiger partial charge in [0.25, 0.3) is 5.89 Å². The van der Waals surface area contributed by atoms with E-state index in [0.29, 0.717) is 25.2 Å². The molecule has 1 unspecified atom stereocenters. The van der Waals surface area contributed by atoms with Gasteiger partial charge in [0, 0.05) is 36.7 Å². The molecular weight excluding hydrogens is 363 g/mol. The van der Waals surface area contributed by atoms with Crippen LogP contribution in [0.4, 0.5) is 4.39 Å². The molecule has 0 bridgehead atoms. The van der Waals surface area contributed by atoms with Gasteiger partial charge in [0.15, 0.2) is 5.82 Å². The third kappa shape index (κ3) is 4.37. The van der Waals surface area contributed by atoms with Crippen molar-refractivity contribution >= 4 is 11.8 Å². The van der Waals surface area contributed by atoms with Crippen LogP contribution in [0.1, 0.15) is 33.5 Å². The Labute approximate surface area is 163 Å². The Morgan fingerprint density at radius 1 is 1.29 bits per heavy atom. The molecule has 2 amide bonds. The average Bonchev–Trinajstić information content (AvgIpc) is 3.09. The molecular formula is C20H25FN4O3. The molecule has 0 saturated carbocycles. The highest BCUT2D eigenvalue weighted by Crippen LogP contribution is 2.22. The SMILES string of the molecule is CC1CN(C(=O)Cc2noc(-c3cccc(F)c3)n2)CCN1C(=O)C(C)(C)C. The minimum Gasteiger partial charge on any atom is -0.338 e. The van der Waals surface area contributed by atoms with E-state index in [2.05, 4.69) is 10.1 Å². The van der Waals surface area contributed by atoms with Gasteiger partial charge in [0.1, 0.15) is 5.82 Å². The van der Waals surface area contributed by atoms with Gasteiger partial charge in [0.05, 0.1) is 6.42 Å². The highest BCUT2D eigenvalue weighted by atomic mass is 19.1. The molecule has 7 nitrogen and oxygen atoms in total. The quantitative estimate of drug-likeness (QED) is 0.807. The monoisotopic (exact) mass is 388 g/mol. The van der Waals surface area contributed by atoms with Crippen LogP contribution in [0.2, 0.25) is 0 Å². The van der Waals surface area contributed by atoms with Gasteiger partial charge < -0.3 is 14.3 Å². The summed E-state index contributed by atoms with van der Waals surface area (Å²) in [5, 5.41) is 3.83. The third-order valence-corrected chi connectivity index (χ3v) is 4.73. The van der Waals surface area contributed by atoms with Gasteiger partial charge in [-0.05, 0) is 25.1 Å². The van der Waals surface area contributed by atoms with Crippen molar-refractivity contribution < 1.29 is 18.5 Å². The lowest BCUT2D eigenvalue weighted by atomic mass is 9.93. The predicted octanol–water partition coefficient (Wildman–Crippen LogP) is 2.52. The van der Waals surface area contributed by atoms with Gasteiger partial charge >= 0.3 is 0 Å². The number of hydrogen-bond donors (Lipinski definition) is 0. The number of benzene rings is 1. The molecule has 1 aliphatic rings. The molecule has 28 heavy (non-hydrogen) atoms. The molecule has 2 aromatic rings. The second-order valence-corrected chi connectivity index (χ2v) is 8.14. The molecule has 1 atom stereocenters. The van der Waals surface area contributed by atoms with Crippen LogP contribution in [0.3, 0.4) is 0 Å². The zero-order valence-electron chi connectivity index (χ0n) is 16.6. The molecule has 0 spiro atoms. The Morgan fingerprint density at radius 3 is 2.68 bits per heavy atom. The molecule has 1 fully saturated rings. The predicted molar refractivity (Wildman–Crippen MR) is 101 cm³/mol. The topological polar surface area (TPSA) is 79.5 Å². The Morgan fingerprint density at radius 2 is 2.04 bits per heavy atom. The summed E-state index contributed by atoms with van der Waals surface area (Å²) >= 11 is 0. The molecule has 1 aromatic carbocycles. The van der Waals surface area contributed by atoms with Crippen LogP contribution in [-0.2, 0) is 16.0 Å². The van der Waals surface area contributed by atoms with E-state index in [1.165, 1.54) is 12.1 Å². The molecule has 2 heterocycles. The normalized spacial score (nSPS) is 17.7. The Bertz CT molecular complexity index is 874. The number of aromatic nitrogens is 2. The van der Waals surface area contributed by atoms with Crippen molar-refractivity contribution in [2.24, 2.45) is 5.41 Å². The van der Waals surface area contributed by atoms with Gasteiger partial charge in [-0.2, -0.15) is 4.98 Å². The zero-order chi connectivity index (χ0) is 20.5. The van der Waals surface area contributed by atoms with E-state index in [-0.39, 0.29) is 36.0 Å². The van der Waals surface area contributed by atoms with E-state index < -0.39 is 11.2 Å². The first kappa shape index (κ1) is 20.0. The molecule has 3 rings (SSSR count). The Kier molecular flexibility index (Phi) is 5.49. The average molecular weight is 388 g/mol. The summed E-state index contributed by atoms with van der Waals surface area (Å²) in [6, 6.07) is 5.79. The standard InChI is InChI=1S/C20H25FN4O3/c1-13-12-24(8-9-25(13)19(27)20(2,3)4)17(26)11-16-22-18(28-23-16)14-6-5-7-15(21)10-14/h5-7,10,13H,8-9,11-12H2,1-4H3. The maximum atomic E-state index is 13.3. The molecule has 8 heteroatoms. The van der Waals surface area contributed by atoms with Crippen LogP contribution in [0.25, 0.3) is 11.5 Å². The number of carbonyl (C=O) groups is 2. The minimum atomic E-state index is -0.446.